The Labute approximate surface area is 123 Å². The van der Waals surface area contributed by atoms with Gasteiger partial charge in [-0.15, -0.1) is 0 Å². The van der Waals surface area contributed by atoms with Crippen LogP contribution in [0.2, 0.25) is 0 Å². The molecule has 4 nitrogen and oxygen atoms in total. The van der Waals surface area contributed by atoms with E-state index in [9.17, 15) is 22.8 Å². The monoisotopic (exact) mass is 321 g/mol. The van der Waals surface area contributed by atoms with Gasteiger partial charge in [0.05, 0.1) is 0 Å². The van der Waals surface area contributed by atoms with Crippen LogP contribution in [-0.4, -0.2) is 22.5 Å². The fraction of sp³-hybridized carbons (Fsp3) is 0.385. The molecule has 0 fully saturated rings. The van der Waals surface area contributed by atoms with E-state index in [2.05, 4.69) is 5.32 Å². The van der Waals surface area contributed by atoms with E-state index in [0.717, 1.165) is 0 Å². The lowest BCUT2D eigenvalue weighted by molar-refractivity contribution is -0.153. The minimum absolute atomic E-state index is 0.00624. The molecule has 0 saturated carbocycles. The maximum Gasteiger partial charge on any atom is 0.446 e. The minimum atomic E-state index is -4.38. The number of rotatable bonds is 5. The van der Waals surface area contributed by atoms with Crippen LogP contribution in [0.1, 0.15) is 19.4 Å². The van der Waals surface area contributed by atoms with Crippen molar-refractivity contribution in [3.8, 4) is 0 Å². The summed E-state index contributed by atoms with van der Waals surface area (Å²) in [6.45, 7) is 2.46. The van der Waals surface area contributed by atoms with E-state index in [-0.39, 0.29) is 23.2 Å². The molecule has 0 bridgehead atoms. The Morgan fingerprint density at radius 3 is 2.43 bits per heavy atom. The van der Waals surface area contributed by atoms with E-state index < -0.39 is 22.8 Å². The first-order chi connectivity index (χ1) is 9.52. The lowest BCUT2D eigenvalue weighted by atomic mass is 9.92. The van der Waals surface area contributed by atoms with Crippen molar-refractivity contribution < 1.29 is 27.9 Å². The summed E-state index contributed by atoms with van der Waals surface area (Å²) in [5.74, 6) is -1.98. The molecule has 0 atom stereocenters. The molecule has 0 aliphatic rings. The summed E-state index contributed by atoms with van der Waals surface area (Å²) in [5.41, 5.74) is -5.52. The van der Waals surface area contributed by atoms with E-state index in [1.807, 2.05) is 0 Å². The van der Waals surface area contributed by atoms with Gasteiger partial charge in [-0.3, -0.25) is 9.59 Å². The first kappa shape index (κ1) is 17.4. The molecular weight excluding hydrogens is 307 g/mol. The van der Waals surface area contributed by atoms with Crippen molar-refractivity contribution in [2.24, 2.45) is 5.41 Å². The third-order valence-corrected chi connectivity index (χ3v) is 3.41. The topological polar surface area (TPSA) is 66.4 Å². The van der Waals surface area contributed by atoms with Gasteiger partial charge in [-0.25, -0.2) is 0 Å². The Balaban J connectivity index is 2.71. The zero-order valence-electron chi connectivity index (χ0n) is 11.3. The molecule has 0 aliphatic heterocycles. The lowest BCUT2D eigenvalue weighted by Crippen LogP contribution is -2.41. The highest BCUT2D eigenvalue weighted by molar-refractivity contribution is 8.00. The van der Waals surface area contributed by atoms with Crippen LogP contribution in [0, 0.1) is 5.41 Å². The van der Waals surface area contributed by atoms with Gasteiger partial charge in [-0.05, 0) is 43.3 Å². The Bertz CT molecular complexity index is 544. The molecule has 1 aromatic rings. The number of amides is 1. The van der Waals surface area contributed by atoms with Crippen LogP contribution in [0.3, 0.4) is 0 Å². The van der Waals surface area contributed by atoms with Crippen LogP contribution in [-0.2, 0) is 16.1 Å². The molecule has 0 saturated heterocycles. The van der Waals surface area contributed by atoms with Crippen molar-refractivity contribution in [2.75, 3.05) is 0 Å². The molecule has 0 aromatic heterocycles. The largest absolute Gasteiger partial charge is 0.480 e. The second-order valence-electron chi connectivity index (χ2n) is 4.81. The van der Waals surface area contributed by atoms with Crippen molar-refractivity contribution in [3.63, 3.8) is 0 Å². The van der Waals surface area contributed by atoms with Gasteiger partial charge in [0, 0.05) is 11.4 Å². The number of alkyl halides is 3. The third kappa shape index (κ3) is 5.30. The Hall–Kier alpha value is -1.70. The number of benzene rings is 1. The number of nitrogens with one attached hydrogen (secondary N) is 1. The van der Waals surface area contributed by atoms with Gasteiger partial charge in [0.15, 0.2) is 0 Å². The van der Waals surface area contributed by atoms with Crippen molar-refractivity contribution in [2.45, 2.75) is 30.8 Å². The summed E-state index contributed by atoms with van der Waals surface area (Å²) < 4.78 is 36.8. The summed E-state index contributed by atoms with van der Waals surface area (Å²) in [4.78, 5) is 22.6. The van der Waals surface area contributed by atoms with Crippen molar-refractivity contribution in [1.29, 1.82) is 0 Å². The minimum Gasteiger partial charge on any atom is -0.480 e. The number of carbonyl (C=O) groups is 2. The molecule has 0 radical (unpaired) electrons. The van der Waals surface area contributed by atoms with Crippen LogP contribution >= 0.6 is 11.8 Å². The molecule has 0 spiro atoms. The second kappa shape index (κ2) is 6.38. The van der Waals surface area contributed by atoms with Gasteiger partial charge in [-0.1, -0.05) is 12.1 Å². The molecule has 1 rings (SSSR count). The quantitative estimate of drug-likeness (QED) is 0.646. The molecule has 0 heterocycles. The fourth-order valence-corrected chi connectivity index (χ4v) is 1.98. The molecular formula is C13H14F3NO3S. The second-order valence-corrected chi connectivity index (χ2v) is 5.95. The summed E-state index contributed by atoms with van der Waals surface area (Å²) in [7, 11) is 0. The van der Waals surface area contributed by atoms with E-state index in [1.165, 1.54) is 32.0 Å². The number of carboxylic acids is 1. The molecule has 21 heavy (non-hydrogen) atoms. The summed E-state index contributed by atoms with van der Waals surface area (Å²) >= 11 is -0.247. The zero-order valence-corrected chi connectivity index (χ0v) is 12.1. The Morgan fingerprint density at radius 2 is 1.90 bits per heavy atom. The van der Waals surface area contributed by atoms with Crippen LogP contribution < -0.4 is 5.32 Å². The number of thioether (sulfide) groups is 1. The molecule has 116 valence electrons. The Kier molecular flexibility index (Phi) is 5.27. The highest BCUT2D eigenvalue weighted by Gasteiger charge is 2.35. The normalized spacial score (nSPS) is 12.0. The third-order valence-electron chi connectivity index (χ3n) is 2.69. The predicted octanol–water partition coefficient (Wildman–Crippen LogP) is 3.03. The smallest absolute Gasteiger partial charge is 0.446 e. The van der Waals surface area contributed by atoms with Gasteiger partial charge >= 0.3 is 11.5 Å². The summed E-state index contributed by atoms with van der Waals surface area (Å²) in [5, 5.41) is 11.3. The van der Waals surface area contributed by atoms with E-state index >= 15 is 0 Å². The highest BCUT2D eigenvalue weighted by Crippen LogP contribution is 2.36. The first-order valence-corrected chi connectivity index (χ1v) is 6.70. The van der Waals surface area contributed by atoms with E-state index in [1.54, 1.807) is 6.07 Å². The number of aliphatic carboxylic acids is 1. The summed E-state index contributed by atoms with van der Waals surface area (Å²) in [6.07, 6.45) is 0. The molecule has 0 unspecified atom stereocenters. The average molecular weight is 321 g/mol. The summed E-state index contributed by atoms with van der Waals surface area (Å²) in [6, 6.07) is 5.60. The van der Waals surface area contributed by atoms with Crippen LogP contribution in [0.15, 0.2) is 29.2 Å². The van der Waals surface area contributed by atoms with Gasteiger partial charge in [0.25, 0.3) is 0 Å². The van der Waals surface area contributed by atoms with Crippen molar-refractivity contribution in [1.82, 2.24) is 5.32 Å². The molecule has 2 N–H and O–H groups in total. The average Bonchev–Trinajstić information content (AvgIpc) is 2.34. The number of halogens is 3. The van der Waals surface area contributed by atoms with Crippen molar-refractivity contribution >= 4 is 23.6 Å². The standard InChI is InChI=1S/C13H14F3NO3S/c1-12(2,11(19)20)10(18)17-7-8-4-3-5-9(6-8)21-13(14,15)16/h3-6H,7H2,1-2H3,(H,17,18)(H,19,20). The van der Waals surface area contributed by atoms with Gasteiger partial charge in [-0.2, -0.15) is 13.2 Å². The van der Waals surface area contributed by atoms with Gasteiger partial charge < -0.3 is 10.4 Å². The Morgan fingerprint density at radius 1 is 1.29 bits per heavy atom. The lowest BCUT2D eigenvalue weighted by Gasteiger charge is -2.18. The van der Waals surface area contributed by atoms with Gasteiger partial charge in [0.1, 0.15) is 5.41 Å². The number of carbonyl (C=O) groups excluding carboxylic acids is 1. The van der Waals surface area contributed by atoms with E-state index in [0.29, 0.717) is 5.56 Å². The number of hydrogen-bond acceptors (Lipinski definition) is 3. The fourth-order valence-electron chi connectivity index (χ4n) is 1.35. The first-order valence-electron chi connectivity index (χ1n) is 5.89. The maximum atomic E-state index is 12.3. The molecule has 1 amide bonds. The number of carboxylic acid groups (broad SMARTS) is 1. The van der Waals surface area contributed by atoms with Crippen LogP contribution in [0.4, 0.5) is 13.2 Å². The number of hydrogen-bond donors (Lipinski definition) is 2. The van der Waals surface area contributed by atoms with Gasteiger partial charge in [0.2, 0.25) is 5.91 Å². The van der Waals surface area contributed by atoms with Crippen LogP contribution in [0.25, 0.3) is 0 Å². The predicted molar refractivity (Wildman–Crippen MR) is 71.6 cm³/mol. The maximum absolute atomic E-state index is 12.3. The molecule has 0 aliphatic carbocycles. The molecule has 8 heteroatoms. The zero-order chi connectivity index (χ0) is 16.3. The highest BCUT2D eigenvalue weighted by atomic mass is 32.2. The molecule has 1 aromatic carbocycles. The van der Waals surface area contributed by atoms with Crippen LogP contribution in [0.5, 0.6) is 0 Å². The van der Waals surface area contributed by atoms with E-state index in [4.69, 9.17) is 5.11 Å². The van der Waals surface area contributed by atoms with Crippen molar-refractivity contribution in [3.05, 3.63) is 29.8 Å². The SMILES string of the molecule is CC(C)(C(=O)O)C(=O)NCc1cccc(SC(F)(F)F)c1.